The Morgan fingerprint density at radius 3 is 2.86 bits per heavy atom. The topological polar surface area (TPSA) is 48.3 Å². The molecule has 3 rings (SSSR count). The van der Waals surface area contributed by atoms with Crippen molar-refractivity contribution in [2.24, 2.45) is 10.2 Å². The molecule has 3 aliphatic rings. The molecule has 3 aliphatic heterocycles. The van der Waals surface area contributed by atoms with Gasteiger partial charge in [0.25, 0.3) is 0 Å². The average molecular weight is 288 g/mol. The predicted octanol–water partition coefficient (Wildman–Crippen LogP) is 2.04. The molecule has 0 bridgehead atoms. The van der Waals surface area contributed by atoms with Crippen molar-refractivity contribution in [3.63, 3.8) is 0 Å². The van der Waals surface area contributed by atoms with Gasteiger partial charge >= 0.3 is 0 Å². The van der Waals surface area contributed by atoms with Crippen LogP contribution in [0.5, 0.6) is 0 Å². The number of hydrogen-bond acceptors (Lipinski definition) is 4. The molecule has 2 saturated heterocycles. The number of hydrogen-bond donors (Lipinski definition) is 0. The van der Waals surface area contributed by atoms with E-state index in [1.165, 1.54) is 25.8 Å². The van der Waals surface area contributed by atoms with Gasteiger partial charge in [-0.1, -0.05) is 6.42 Å². The Morgan fingerprint density at radius 2 is 2.10 bits per heavy atom. The Hall–Kier alpha value is -1.41. The van der Waals surface area contributed by atoms with Crippen molar-refractivity contribution in [3.05, 3.63) is 0 Å². The average Bonchev–Trinajstić information content (AvgIpc) is 3.30. The molecule has 0 saturated carbocycles. The molecule has 0 N–H and O–H groups in total. The molecule has 1 amide bonds. The molecule has 21 heavy (non-hydrogen) atoms. The van der Waals surface area contributed by atoms with Crippen molar-refractivity contribution < 1.29 is 4.79 Å². The minimum Gasteiger partial charge on any atom is -0.340 e. The van der Waals surface area contributed by atoms with E-state index >= 15 is 0 Å². The fourth-order valence-corrected chi connectivity index (χ4v) is 3.52. The minimum atomic E-state index is -0.325. The lowest BCUT2D eigenvalue weighted by Crippen LogP contribution is -2.56. The lowest BCUT2D eigenvalue weighted by molar-refractivity contribution is -0.135. The summed E-state index contributed by atoms with van der Waals surface area (Å²) in [4.78, 5) is 17.0. The van der Waals surface area contributed by atoms with E-state index in [2.05, 4.69) is 21.0 Å². The van der Waals surface area contributed by atoms with Crippen LogP contribution in [0.4, 0.5) is 0 Å². The van der Waals surface area contributed by atoms with Crippen molar-refractivity contribution >= 4 is 5.91 Å². The number of rotatable bonds is 5. The van der Waals surface area contributed by atoms with Crippen molar-refractivity contribution in [1.82, 2.24) is 9.80 Å². The third-order valence-electron chi connectivity index (χ3n) is 4.98. The summed E-state index contributed by atoms with van der Waals surface area (Å²) in [6, 6.07) is 0.585. The Bertz CT molecular complexity index is 461. The summed E-state index contributed by atoms with van der Waals surface area (Å²) in [5.74, 6) is 2.89. The standard InChI is InChI=1S/C16H24N4O/c1-2-3-8-16(17-18-16)9-7-15(21)20-12-11-19-10-5-4-6-14(19)13-20/h1,14H,3-13H2. The number of amides is 1. The summed E-state index contributed by atoms with van der Waals surface area (Å²) in [6.45, 7) is 4.03. The molecule has 0 spiro atoms. The first-order valence-corrected chi connectivity index (χ1v) is 8.12. The highest BCUT2D eigenvalue weighted by Gasteiger charge is 2.40. The molecule has 5 nitrogen and oxygen atoms in total. The van der Waals surface area contributed by atoms with Gasteiger partial charge in [-0.05, 0) is 19.4 Å². The second-order valence-corrected chi connectivity index (χ2v) is 6.41. The highest BCUT2D eigenvalue weighted by atomic mass is 16.2. The largest absolute Gasteiger partial charge is 0.340 e. The predicted molar refractivity (Wildman–Crippen MR) is 80.7 cm³/mol. The van der Waals surface area contributed by atoms with Gasteiger partial charge in [0, 0.05) is 51.4 Å². The third kappa shape index (κ3) is 3.44. The van der Waals surface area contributed by atoms with Crippen LogP contribution in [-0.4, -0.2) is 53.6 Å². The first-order chi connectivity index (χ1) is 10.2. The smallest absolute Gasteiger partial charge is 0.222 e. The number of fused-ring (bicyclic) bond motifs is 1. The number of piperazine rings is 1. The van der Waals surface area contributed by atoms with E-state index in [4.69, 9.17) is 6.42 Å². The fourth-order valence-electron chi connectivity index (χ4n) is 3.52. The van der Waals surface area contributed by atoms with E-state index in [9.17, 15) is 4.79 Å². The maximum absolute atomic E-state index is 12.4. The first kappa shape index (κ1) is 14.5. The molecule has 1 atom stereocenters. The van der Waals surface area contributed by atoms with E-state index < -0.39 is 0 Å². The fraction of sp³-hybridized carbons (Fsp3) is 0.812. The highest BCUT2D eigenvalue weighted by molar-refractivity contribution is 5.76. The van der Waals surface area contributed by atoms with Crippen LogP contribution in [0.2, 0.25) is 0 Å². The Balaban J connectivity index is 1.44. The van der Waals surface area contributed by atoms with Gasteiger partial charge in [-0.2, -0.15) is 10.2 Å². The molecular formula is C16H24N4O. The number of nitrogens with zero attached hydrogens (tertiary/aromatic N) is 4. The second kappa shape index (κ2) is 6.15. The molecule has 2 fully saturated rings. The molecule has 0 aromatic carbocycles. The monoisotopic (exact) mass is 288 g/mol. The molecule has 0 aliphatic carbocycles. The summed E-state index contributed by atoms with van der Waals surface area (Å²) in [7, 11) is 0. The van der Waals surface area contributed by atoms with E-state index in [0.717, 1.165) is 32.5 Å². The molecule has 0 aromatic rings. The maximum Gasteiger partial charge on any atom is 0.222 e. The molecule has 5 heteroatoms. The van der Waals surface area contributed by atoms with Gasteiger partial charge < -0.3 is 4.90 Å². The van der Waals surface area contributed by atoms with E-state index in [1.54, 1.807) is 0 Å². The summed E-state index contributed by atoms with van der Waals surface area (Å²) in [6.07, 6.45) is 11.9. The summed E-state index contributed by atoms with van der Waals surface area (Å²) >= 11 is 0. The Labute approximate surface area is 126 Å². The second-order valence-electron chi connectivity index (χ2n) is 6.41. The van der Waals surface area contributed by atoms with Gasteiger partial charge in [-0.15, -0.1) is 12.3 Å². The summed E-state index contributed by atoms with van der Waals surface area (Å²) < 4.78 is 0. The van der Waals surface area contributed by atoms with Gasteiger partial charge in [0.2, 0.25) is 5.91 Å². The van der Waals surface area contributed by atoms with Gasteiger partial charge in [-0.25, -0.2) is 0 Å². The first-order valence-electron chi connectivity index (χ1n) is 8.12. The van der Waals surface area contributed by atoms with Crippen LogP contribution >= 0.6 is 0 Å². The van der Waals surface area contributed by atoms with Crippen LogP contribution < -0.4 is 0 Å². The summed E-state index contributed by atoms with van der Waals surface area (Å²) in [5, 5.41) is 8.21. The van der Waals surface area contributed by atoms with Crippen LogP contribution in [0.1, 0.15) is 44.9 Å². The van der Waals surface area contributed by atoms with Crippen molar-refractivity contribution in [1.29, 1.82) is 0 Å². The number of carbonyl (C=O) groups is 1. The van der Waals surface area contributed by atoms with E-state index in [1.807, 2.05) is 4.90 Å². The van der Waals surface area contributed by atoms with Crippen molar-refractivity contribution in [2.45, 2.75) is 56.7 Å². The zero-order chi connectivity index (χ0) is 14.7. The lowest BCUT2D eigenvalue weighted by Gasteiger charge is -2.44. The number of terminal acetylenes is 1. The van der Waals surface area contributed by atoms with Gasteiger partial charge in [0.05, 0.1) is 0 Å². The van der Waals surface area contributed by atoms with Gasteiger partial charge in [0.15, 0.2) is 5.66 Å². The SMILES string of the molecule is C#CCCC1(CCC(=O)N2CCN3CCCCC3C2)N=N1. The molecule has 1 unspecified atom stereocenters. The Kier molecular flexibility index (Phi) is 4.25. The number of carbonyl (C=O) groups excluding carboxylic acids is 1. The third-order valence-corrected chi connectivity index (χ3v) is 4.98. The molecule has 0 radical (unpaired) electrons. The van der Waals surface area contributed by atoms with Crippen molar-refractivity contribution in [2.75, 3.05) is 26.2 Å². The van der Waals surface area contributed by atoms with E-state index in [0.29, 0.717) is 18.9 Å². The molecule has 114 valence electrons. The highest BCUT2D eigenvalue weighted by Crippen LogP contribution is 2.37. The molecular weight excluding hydrogens is 264 g/mol. The number of piperidine rings is 1. The summed E-state index contributed by atoms with van der Waals surface area (Å²) in [5.41, 5.74) is -0.325. The van der Waals surface area contributed by atoms with Crippen LogP contribution in [0.25, 0.3) is 0 Å². The van der Waals surface area contributed by atoms with Crippen LogP contribution in [0.3, 0.4) is 0 Å². The normalized spacial score (nSPS) is 27.0. The zero-order valence-electron chi connectivity index (χ0n) is 12.6. The quantitative estimate of drug-likeness (QED) is 0.727. The van der Waals surface area contributed by atoms with Gasteiger partial charge in [0.1, 0.15) is 0 Å². The van der Waals surface area contributed by atoms with Crippen molar-refractivity contribution in [3.8, 4) is 12.3 Å². The lowest BCUT2D eigenvalue weighted by atomic mass is 9.98. The maximum atomic E-state index is 12.4. The zero-order valence-corrected chi connectivity index (χ0v) is 12.6. The van der Waals surface area contributed by atoms with E-state index in [-0.39, 0.29) is 11.6 Å². The van der Waals surface area contributed by atoms with Crippen LogP contribution in [0, 0.1) is 12.3 Å². The molecule has 3 heterocycles. The van der Waals surface area contributed by atoms with Crippen LogP contribution in [-0.2, 0) is 4.79 Å². The minimum absolute atomic E-state index is 0.262. The Morgan fingerprint density at radius 1 is 1.24 bits per heavy atom. The van der Waals surface area contributed by atoms with Crippen LogP contribution in [0.15, 0.2) is 10.2 Å². The molecule has 0 aromatic heterocycles. The van der Waals surface area contributed by atoms with Gasteiger partial charge in [-0.3, -0.25) is 9.69 Å².